The Morgan fingerprint density at radius 3 is 3.00 bits per heavy atom. The molecule has 1 unspecified atom stereocenters. The van der Waals surface area contributed by atoms with Crippen LogP contribution in [-0.2, 0) is 13.1 Å². The van der Waals surface area contributed by atoms with E-state index in [4.69, 9.17) is 5.73 Å². The van der Waals surface area contributed by atoms with E-state index in [0.29, 0.717) is 12.6 Å². The summed E-state index contributed by atoms with van der Waals surface area (Å²) < 4.78 is 1.85. The van der Waals surface area contributed by atoms with Gasteiger partial charge in [-0.2, -0.15) is 0 Å². The monoisotopic (exact) mass is 265 g/mol. The molecule has 6 heteroatoms. The van der Waals surface area contributed by atoms with Crippen LogP contribution in [0.2, 0.25) is 0 Å². The Morgan fingerprint density at radius 1 is 1.56 bits per heavy atom. The molecular formula is C12H19N5S. The van der Waals surface area contributed by atoms with E-state index in [2.05, 4.69) is 46.7 Å². The summed E-state index contributed by atoms with van der Waals surface area (Å²) in [7, 11) is 2.13. The summed E-state index contributed by atoms with van der Waals surface area (Å²) in [5.41, 5.74) is 6.34. The minimum atomic E-state index is 0.433. The highest BCUT2D eigenvalue weighted by Crippen LogP contribution is 2.22. The molecule has 0 saturated heterocycles. The van der Waals surface area contributed by atoms with Gasteiger partial charge < -0.3 is 5.73 Å². The molecule has 2 N–H and O–H groups in total. The minimum Gasteiger partial charge on any atom is -0.325 e. The van der Waals surface area contributed by atoms with Crippen molar-refractivity contribution in [3.63, 3.8) is 0 Å². The van der Waals surface area contributed by atoms with Crippen molar-refractivity contribution in [3.8, 4) is 0 Å². The topological polar surface area (TPSA) is 60.0 Å². The van der Waals surface area contributed by atoms with Gasteiger partial charge in [0.2, 0.25) is 0 Å². The molecule has 0 aliphatic rings. The zero-order chi connectivity index (χ0) is 13.0. The molecule has 0 spiro atoms. The molecule has 0 amide bonds. The SMILES string of the molecule is CC(c1cccs1)N(C)CCn1cc(CN)nn1. The number of hydrogen-bond acceptors (Lipinski definition) is 5. The van der Waals surface area contributed by atoms with Gasteiger partial charge in [0, 0.05) is 30.2 Å². The largest absolute Gasteiger partial charge is 0.325 e. The molecule has 0 saturated carbocycles. The quantitative estimate of drug-likeness (QED) is 0.859. The van der Waals surface area contributed by atoms with E-state index in [1.807, 2.05) is 10.9 Å². The van der Waals surface area contributed by atoms with Gasteiger partial charge in [-0.3, -0.25) is 9.58 Å². The van der Waals surface area contributed by atoms with Crippen molar-refractivity contribution in [3.05, 3.63) is 34.3 Å². The Morgan fingerprint density at radius 2 is 2.39 bits per heavy atom. The standard InChI is InChI=1S/C12H19N5S/c1-10(12-4-3-7-18-12)16(2)5-6-17-9-11(8-13)14-15-17/h3-4,7,9-10H,5-6,8,13H2,1-2H3. The van der Waals surface area contributed by atoms with Gasteiger partial charge in [0.1, 0.15) is 0 Å². The van der Waals surface area contributed by atoms with Crippen LogP contribution in [0.25, 0.3) is 0 Å². The third kappa shape index (κ3) is 3.16. The van der Waals surface area contributed by atoms with E-state index in [1.54, 1.807) is 11.3 Å². The number of hydrogen-bond donors (Lipinski definition) is 1. The van der Waals surface area contributed by atoms with Gasteiger partial charge in [0.05, 0.1) is 12.2 Å². The molecule has 0 aromatic carbocycles. The van der Waals surface area contributed by atoms with Crippen LogP contribution in [0, 0.1) is 0 Å². The van der Waals surface area contributed by atoms with Crippen LogP contribution in [0.3, 0.4) is 0 Å². The first-order valence-corrected chi connectivity index (χ1v) is 6.91. The fourth-order valence-electron chi connectivity index (χ4n) is 1.74. The fourth-order valence-corrected chi connectivity index (χ4v) is 2.59. The predicted molar refractivity (Wildman–Crippen MR) is 73.3 cm³/mol. The van der Waals surface area contributed by atoms with E-state index < -0.39 is 0 Å². The molecule has 5 nitrogen and oxygen atoms in total. The average molecular weight is 265 g/mol. The first-order valence-electron chi connectivity index (χ1n) is 6.03. The van der Waals surface area contributed by atoms with Crippen LogP contribution in [0.5, 0.6) is 0 Å². The van der Waals surface area contributed by atoms with Crippen LogP contribution in [0.1, 0.15) is 23.5 Å². The van der Waals surface area contributed by atoms with Crippen molar-refractivity contribution >= 4 is 11.3 Å². The molecule has 0 fully saturated rings. The summed E-state index contributed by atoms with van der Waals surface area (Å²) in [5, 5.41) is 10.1. The van der Waals surface area contributed by atoms with Crippen molar-refractivity contribution < 1.29 is 0 Å². The lowest BCUT2D eigenvalue weighted by molar-refractivity contribution is 0.249. The molecule has 0 aliphatic carbocycles. The number of aromatic nitrogens is 3. The first-order chi connectivity index (χ1) is 8.70. The first kappa shape index (κ1) is 13.2. The smallest absolute Gasteiger partial charge is 0.0962 e. The number of likely N-dealkylation sites (N-methyl/N-ethyl adjacent to an activating group) is 1. The maximum Gasteiger partial charge on any atom is 0.0962 e. The summed E-state index contributed by atoms with van der Waals surface area (Å²) >= 11 is 1.80. The Balaban J connectivity index is 1.86. The number of nitrogens with zero attached hydrogens (tertiary/aromatic N) is 4. The van der Waals surface area contributed by atoms with E-state index in [1.165, 1.54) is 4.88 Å². The van der Waals surface area contributed by atoms with Crippen LogP contribution in [0.4, 0.5) is 0 Å². The van der Waals surface area contributed by atoms with E-state index in [9.17, 15) is 0 Å². The van der Waals surface area contributed by atoms with Gasteiger partial charge in [-0.05, 0) is 25.4 Å². The second kappa shape index (κ2) is 6.08. The molecule has 2 heterocycles. The van der Waals surface area contributed by atoms with Crippen LogP contribution < -0.4 is 5.73 Å². The third-order valence-electron chi connectivity index (χ3n) is 3.09. The van der Waals surface area contributed by atoms with Gasteiger partial charge in [0.25, 0.3) is 0 Å². The summed E-state index contributed by atoms with van der Waals surface area (Å²) in [6.45, 7) is 4.44. The molecule has 2 rings (SSSR count). The second-order valence-electron chi connectivity index (χ2n) is 4.35. The highest BCUT2D eigenvalue weighted by Gasteiger charge is 2.12. The van der Waals surface area contributed by atoms with Crippen molar-refractivity contribution in [2.45, 2.75) is 26.1 Å². The molecule has 98 valence electrons. The lowest BCUT2D eigenvalue weighted by Gasteiger charge is -2.23. The van der Waals surface area contributed by atoms with Gasteiger partial charge in [-0.15, -0.1) is 16.4 Å². The zero-order valence-electron chi connectivity index (χ0n) is 10.8. The Bertz CT molecular complexity index is 465. The Kier molecular flexibility index (Phi) is 4.46. The van der Waals surface area contributed by atoms with Crippen molar-refractivity contribution in [1.82, 2.24) is 19.9 Å². The Hall–Kier alpha value is -1.24. The van der Waals surface area contributed by atoms with E-state index in [-0.39, 0.29) is 0 Å². The summed E-state index contributed by atoms with van der Waals surface area (Å²) in [4.78, 5) is 3.70. The van der Waals surface area contributed by atoms with Crippen LogP contribution in [-0.4, -0.2) is 33.5 Å². The summed E-state index contributed by atoms with van der Waals surface area (Å²) in [6.07, 6.45) is 1.91. The number of thiophene rings is 1. The van der Waals surface area contributed by atoms with Crippen molar-refractivity contribution in [2.75, 3.05) is 13.6 Å². The molecule has 0 radical (unpaired) electrons. The van der Waals surface area contributed by atoms with Gasteiger partial charge in [-0.25, -0.2) is 0 Å². The molecule has 2 aromatic heterocycles. The van der Waals surface area contributed by atoms with Crippen molar-refractivity contribution in [1.29, 1.82) is 0 Å². The van der Waals surface area contributed by atoms with Gasteiger partial charge in [0.15, 0.2) is 0 Å². The minimum absolute atomic E-state index is 0.433. The molecule has 2 aromatic rings. The summed E-state index contributed by atoms with van der Waals surface area (Å²) in [5.74, 6) is 0. The van der Waals surface area contributed by atoms with Crippen molar-refractivity contribution in [2.24, 2.45) is 5.73 Å². The zero-order valence-corrected chi connectivity index (χ0v) is 11.6. The Labute approximate surface area is 111 Å². The van der Waals surface area contributed by atoms with E-state index in [0.717, 1.165) is 18.8 Å². The van der Waals surface area contributed by atoms with Gasteiger partial charge >= 0.3 is 0 Å². The van der Waals surface area contributed by atoms with E-state index >= 15 is 0 Å². The second-order valence-corrected chi connectivity index (χ2v) is 5.33. The summed E-state index contributed by atoms with van der Waals surface area (Å²) in [6, 6.07) is 4.70. The predicted octanol–water partition coefficient (Wildman–Crippen LogP) is 1.49. The highest BCUT2D eigenvalue weighted by atomic mass is 32.1. The number of rotatable bonds is 6. The third-order valence-corrected chi connectivity index (χ3v) is 4.14. The van der Waals surface area contributed by atoms with Gasteiger partial charge in [-0.1, -0.05) is 11.3 Å². The average Bonchev–Trinajstić information content (AvgIpc) is 3.05. The normalized spacial score (nSPS) is 13.1. The fraction of sp³-hybridized carbons (Fsp3) is 0.500. The molecule has 0 bridgehead atoms. The molecule has 18 heavy (non-hydrogen) atoms. The van der Waals surface area contributed by atoms with Crippen LogP contribution >= 0.6 is 11.3 Å². The maximum atomic E-state index is 5.51. The number of nitrogens with two attached hydrogens (primary N) is 1. The molecular weight excluding hydrogens is 246 g/mol. The molecule has 0 aliphatic heterocycles. The maximum absolute atomic E-state index is 5.51. The molecule has 1 atom stereocenters. The highest BCUT2D eigenvalue weighted by molar-refractivity contribution is 7.10. The van der Waals surface area contributed by atoms with Crippen LogP contribution in [0.15, 0.2) is 23.7 Å². The lowest BCUT2D eigenvalue weighted by atomic mass is 10.2. The lowest BCUT2D eigenvalue weighted by Crippen LogP contribution is -2.26.